The molecule has 0 heterocycles. The van der Waals surface area contributed by atoms with Gasteiger partial charge < -0.3 is 9.64 Å². The smallest absolute Gasteiger partial charge is 0.256 e. The molecular weight excluding hydrogens is 306 g/mol. The molecule has 0 bridgehead atoms. The molecule has 2 N–H and O–H groups in total. The number of primary sulfonamides is 1. The van der Waals surface area contributed by atoms with E-state index in [9.17, 15) is 22.0 Å². The highest BCUT2D eigenvalue weighted by atomic mass is 32.2. The molecule has 0 saturated heterocycles. The zero-order valence-electron chi connectivity index (χ0n) is 11.6. The molecule has 0 saturated carbocycles. The first-order valence-corrected chi connectivity index (χ1v) is 7.58. The van der Waals surface area contributed by atoms with Gasteiger partial charge in [-0.2, -0.15) is 0 Å². The van der Waals surface area contributed by atoms with Gasteiger partial charge in [0.15, 0.2) is 0 Å². The molecule has 1 aromatic rings. The maximum absolute atomic E-state index is 13.7. The van der Waals surface area contributed by atoms with Gasteiger partial charge in [-0.05, 0) is 13.0 Å². The monoisotopic (exact) mass is 322 g/mol. The van der Waals surface area contributed by atoms with Crippen molar-refractivity contribution in [3.05, 3.63) is 29.3 Å². The molecule has 0 unspecified atom stereocenters. The Hall–Kier alpha value is -1.58. The van der Waals surface area contributed by atoms with Crippen LogP contribution in [-0.2, 0) is 14.8 Å². The molecule has 1 aromatic carbocycles. The minimum absolute atomic E-state index is 0.175. The SMILES string of the molecule is CCOCCN(C)C(=O)c1cc(S(N)(=O)=O)c(F)cc1F. The first-order chi connectivity index (χ1) is 9.68. The highest BCUT2D eigenvalue weighted by Gasteiger charge is 2.23. The van der Waals surface area contributed by atoms with Crippen LogP contribution in [-0.4, -0.2) is 46.0 Å². The van der Waals surface area contributed by atoms with Crippen LogP contribution in [0, 0.1) is 11.6 Å². The molecule has 1 rings (SSSR count). The summed E-state index contributed by atoms with van der Waals surface area (Å²) in [5.74, 6) is -3.30. The summed E-state index contributed by atoms with van der Waals surface area (Å²) in [6, 6.07) is 0.920. The molecule has 0 radical (unpaired) electrons. The van der Waals surface area contributed by atoms with E-state index in [-0.39, 0.29) is 13.2 Å². The largest absolute Gasteiger partial charge is 0.380 e. The lowest BCUT2D eigenvalue weighted by Gasteiger charge is -2.17. The summed E-state index contributed by atoms with van der Waals surface area (Å²) < 4.78 is 54.5. The summed E-state index contributed by atoms with van der Waals surface area (Å²) in [5, 5.41) is 4.82. The number of ether oxygens (including phenoxy) is 1. The standard InChI is InChI=1S/C12H16F2N2O4S/c1-3-20-5-4-16(2)12(17)8-6-11(21(15,18)19)10(14)7-9(8)13/h6-7H,3-5H2,1-2H3,(H2,15,18,19). The third-order valence-electron chi connectivity index (χ3n) is 2.68. The van der Waals surface area contributed by atoms with Crippen LogP contribution in [0.5, 0.6) is 0 Å². The number of sulfonamides is 1. The fraction of sp³-hybridized carbons (Fsp3) is 0.417. The van der Waals surface area contributed by atoms with E-state index in [1.54, 1.807) is 6.92 Å². The number of rotatable bonds is 6. The Labute approximate surface area is 121 Å². The fourth-order valence-corrected chi connectivity index (χ4v) is 2.18. The molecule has 0 atom stereocenters. The topological polar surface area (TPSA) is 89.7 Å². The predicted octanol–water partition coefficient (Wildman–Crippen LogP) is 0.721. The van der Waals surface area contributed by atoms with Gasteiger partial charge in [0, 0.05) is 26.3 Å². The van der Waals surface area contributed by atoms with E-state index in [0.717, 1.165) is 4.90 Å². The number of hydrogen-bond donors (Lipinski definition) is 1. The molecule has 0 aromatic heterocycles. The molecular formula is C12H16F2N2O4S. The Kier molecular flexibility index (Phi) is 5.76. The molecule has 0 aliphatic carbocycles. The van der Waals surface area contributed by atoms with Crippen molar-refractivity contribution in [3.63, 3.8) is 0 Å². The quantitative estimate of drug-likeness (QED) is 0.782. The Bertz CT molecular complexity index is 634. The van der Waals surface area contributed by atoms with Gasteiger partial charge in [0.1, 0.15) is 16.5 Å². The van der Waals surface area contributed by atoms with Gasteiger partial charge in [-0.3, -0.25) is 4.79 Å². The van der Waals surface area contributed by atoms with Gasteiger partial charge in [-0.15, -0.1) is 0 Å². The second-order valence-corrected chi connectivity index (χ2v) is 5.76. The van der Waals surface area contributed by atoms with E-state index < -0.39 is 38.0 Å². The lowest BCUT2D eigenvalue weighted by molar-refractivity contribution is 0.0705. The molecule has 6 nitrogen and oxygen atoms in total. The molecule has 0 fully saturated rings. The Morgan fingerprint density at radius 2 is 1.95 bits per heavy atom. The minimum atomic E-state index is -4.39. The van der Waals surface area contributed by atoms with Crippen molar-refractivity contribution in [2.45, 2.75) is 11.8 Å². The third kappa shape index (κ3) is 4.45. The summed E-state index contributed by atoms with van der Waals surface area (Å²) in [5.41, 5.74) is -0.570. The van der Waals surface area contributed by atoms with E-state index >= 15 is 0 Å². The van der Waals surface area contributed by atoms with Crippen molar-refractivity contribution in [3.8, 4) is 0 Å². The van der Waals surface area contributed by atoms with E-state index in [2.05, 4.69) is 0 Å². The predicted molar refractivity (Wildman–Crippen MR) is 71.2 cm³/mol. The summed E-state index contributed by atoms with van der Waals surface area (Å²) in [7, 11) is -3.00. The Balaban J connectivity index is 3.10. The van der Waals surface area contributed by atoms with Gasteiger partial charge in [-0.1, -0.05) is 0 Å². The third-order valence-corrected chi connectivity index (χ3v) is 3.61. The maximum Gasteiger partial charge on any atom is 0.256 e. The summed E-state index contributed by atoms with van der Waals surface area (Å²) in [4.78, 5) is 12.2. The van der Waals surface area contributed by atoms with Crippen molar-refractivity contribution in [2.24, 2.45) is 5.14 Å². The number of halogens is 2. The van der Waals surface area contributed by atoms with Crippen molar-refractivity contribution in [1.29, 1.82) is 0 Å². The lowest BCUT2D eigenvalue weighted by atomic mass is 10.2. The molecule has 0 spiro atoms. The molecule has 0 aliphatic heterocycles. The van der Waals surface area contributed by atoms with Crippen molar-refractivity contribution in [2.75, 3.05) is 26.8 Å². The van der Waals surface area contributed by atoms with Gasteiger partial charge in [0.2, 0.25) is 10.0 Å². The number of likely N-dealkylation sites (N-methyl/N-ethyl adjacent to an activating group) is 1. The number of amides is 1. The van der Waals surface area contributed by atoms with Crippen LogP contribution in [0.15, 0.2) is 17.0 Å². The average Bonchev–Trinajstić information content (AvgIpc) is 2.36. The normalized spacial score (nSPS) is 11.5. The van der Waals surface area contributed by atoms with E-state index in [1.165, 1.54) is 7.05 Å². The minimum Gasteiger partial charge on any atom is -0.380 e. The van der Waals surface area contributed by atoms with Crippen LogP contribution in [0.4, 0.5) is 8.78 Å². The van der Waals surface area contributed by atoms with Crippen LogP contribution in [0.25, 0.3) is 0 Å². The molecule has 9 heteroatoms. The number of carbonyl (C=O) groups is 1. The van der Waals surface area contributed by atoms with Crippen LogP contribution in [0.1, 0.15) is 17.3 Å². The molecule has 21 heavy (non-hydrogen) atoms. The van der Waals surface area contributed by atoms with Crippen LogP contribution in [0.2, 0.25) is 0 Å². The highest BCUT2D eigenvalue weighted by Crippen LogP contribution is 2.19. The zero-order valence-corrected chi connectivity index (χ0v) is 12.4. The summed E-state index contributed by atoms with van der Waals surface area (Å²) in [6.45, 7) is 2.65. The number of nitrogens with zero attached hydrogens (tertiary/aromatic N) is 1. The molecule has 0 aliphatic rings. The summed E-state index contributed by atoms with van der Waals surface area (Å²) >= 11 is 0. The van der Waals surface area contributed by atoms with E-state index in [0.29, 0.717) is 18.7 Å². The second kappa shape index (κ2) is 6.92. The van der Waals surface area contributed by atoms with Crippen LogP contribution < -0.4 is 5.14 Å². The van der Waals surface area contributed by atoms with Gasteiger partial charge in [-0.25, -0.2) is 22.3 Å². The highest BCUT2D eigenvalue weighted by molar-refractivity contribution is 7.89. The first-order valence-electron chi connectivity index (χ1n) is 6.03. The second-order valence-electron chi connectivity index (χ2n) is 4.23. The maximum atomic E-state index is 13.7. The van der Waals surface area contributed by atoms with Gasteiger partial charge in [0.25, 0.3) is 5.91 Å². The van der Waals surface area contributed by atoms with E-state index in [4.69, 9.17) is 9.88 Å². The average molecular weight is 322 g/mol. The fourth-order valence-electron chi connectivity index (χ4n) is 1.56. The van der Waals surface area contributed by atoms with Crippen molar-refractivity contribution >= 4 is 15.9 Å². The van der Waals surface area contributed by atoms with Crippen LogP contribution >= 0.6 is 0 Å². The number of hydrogen-bond acceptors (Lipinski definition) is 4. The Morgan fingerprint density at radius 3 is 2.48 bits per heavy atom. The summed E-state index contributed by atoms with van der Waals surface area (Å²) in [6.07, 6.45) is 0. The van der Waals surface area contributed by atoms with Crippen molar-refractivity contribution in [1.82, 2.24) is 4.90 Å². The molecule has 1 amide bonds. The first kappa shape index (κ1) is 17.5. The molecule has 118 valence electrons. The number of benzene rings is 1. The lowest BCUT2D eigenvalue weighted by Crippen LogP contribution is -2.31. The van der Waals surface area contributed by atoms with Gasteiger partial charge >= 0.3 is 0 Å². The number of nitrogens with two attached hydrogens (primary N) is 1. The van der Waals surface area contributed by atoms with Crippen molar-refractivity contribution < 1.29 is 26.7 Å². The van der Waals surface area contributed by atoms with Gasteiger partial charge in [0.05, 0.1) is 12.2 Å². The van der Waals surface area contributed by atoms with E-state index in [1.807, 2.05) is 0 Å². The number of carbonyl (C=O) groups excluding carboxylic acids is 1. The Morgan fingerprint density at radius 1 is 1.33 bits per heavy atom. The van der Waals surface area contributed by atoms with Crippen LogP contribution in [0.3, 0.4) is 0 Å². The zero-order chi connectivity index (χ0) is 16.2.